The van der Waals surface area contributed by atoms with Crippen LogP contribution in [0.1, 0.15) is 18.1 Å². The average molecular weight is 362 g/mol. The lowest BCUT2D eigenvalue weighted by atomic mass is 10.2. The van der Waals surface area contributed by atoms with E-state index >= 15 is 0 Å². The van der Waals surface area contributed by atoms with E-state index in [1.165, 1.54) is 5.56 Å². The van der Waals surface area contributed by atoms with Crippen molar-refractivity contribution in [3.8, 4) is 11.5 Å². The Kier molecular flexibility index (Phi) is 5.05. The number of aromatic nitrogens is 2. The second kappa shape index (κ2) is 7.95. The predicted molar refractivity (Wildman–Crippen MR) is 105 cm³/mol. The number of nitrogens with one attached hydrogen (secondary N) is 1. The molecule has 2 heterocycles. The van der Waals surface area contributed by atoms with Crippen LogP contribution in [0, 0.1) is 0 Å². The van der Waals surface area contributed by atoms with Gasteiger partial charge in [0.25, 0.3) is 0 Å². The second-order valence-corrected chi connectivity index (χ2v) is 6.28. The first-order chi connectivity index (χ1) is 13.3. The summed E-state index contributed by atoms with van der Waals surface area (Å²) >= 11 is 0. The highest BCUT2D eigenvalue weighted by Crippen LogP contribution is 2.32. The third kappa shape index (κ3) is 4.11. The first-order valence-electron chi connectivity index (χ1n) is 9.06. The highest BCUT2D eigenvalue weighted by atomic mass is 16.7. The molecule has 0 saturated heterocycles. The van der Waals surface area contributed by atoms with Crippen LogP contribution in [0.5, 0.6) is 11.5 Å². The Hall–Kier alpha value is -3.28. The molecular weight excluding hydrogens is 340 g/mol. The maximum absolute atomic E-state index is 5.43. The Bertz CT molecular complexity index is 902. The molecule has 0 fully saturated rings. The van der Waals surface area contributed by atoms with Crippen molar-refractivity contribution in [2.45, 2.75) is 20.0 Å². The Morgan fingerprint density at radius 1 is 1.00 bits per heavy atom. The Labute approximate surface area is 158 Å². The minimum Gasteiger partial charge on any atom is -0.454 e. The normalized spacial score (nSPS) is 12.0. The first-order valence-corrected chi connectivity index (χ1v) is 9.06. The third-order valence-corrected chi connectivity index (χ3v) is 4.43. The molecule has 6 heteroatoms. The topological polar surface area (TPSA) is 59.5 Å². The van der Waals surface area contributed by atoms with Crippen molar-refractivity contribution in [3.63, 3.8) is 0 Å². The number of hydrogen-bond donors (Lipinski definition) is 1. The fourth-order valence-corrected chi connectivity index (χ4v) is 2.97. The molecular formula is C21H22N4O2. The van der Waals surface area contributed by atoms with E-state index in [9.17, 15) is 0 Å². The van der Waals surface area contributed by atoms with Gasteiger partial charge in [-0.05, 0) is 36.2 Å². The molecule has 0 bridgehead atoms. The van der Waals surface area contributed by atoms with Crippen LogP contribution in [0.3, 0.4) is 0 Å². The summed E-state index contributed by atoms with van der Waals surface area (Å²) in [4.78, 5) is 11.3. The van der Waals surface area contributed by atoms with Gasteiger partial charge in [-0.15, -0.1) is 0 Å². The maximum atomic E-state index is 5.43. The van der Waals surface area contributed by atoms with E-state index in [-0.39, 0.29) is 6.79 Å². The van der Waals surface area contributed by atoms with E-state index in [0.717, 1.165) is 41.9 Å². The number of nitrogens with zero attached hydrogens (tertiary/aromatic N) is 3. The minimum atomic E-state index is 0.287. The number of hydrogen-bond acceptors (Lipinski definition) is 6. The second-order valence-electron chi connectivity index (χ2n) is 6.28. The Morgan fingerprint density at radius 2 is 1.85 bits per heavy atom. The van der Waals surface area contributed by atoms with Crippen molar-refractivity contribution in [2.75, 3.05) is 23.6 Å². The highest BCUT2D eigenvalue weighted by molar-refractivity contribution is 5.46. The molecule has 6 nitrogen and oxygen atoms in total. The lowest BCUT2D eigenvalue weighted by Crippen LogP contribution is -2.24. The summed E-state index contributed by atoms with van der Waals surface area (Å²) in [7, 11) is 0. The number of rotatable bonds is 7. The van der Waals surface area contributed by atoms with Crippen molar-refractivity contribution in [1.29, 1.82) is 0 Å². The molecule has 1 N–H and O–H groups in total. The van der Waals surface area contributed by atoms with Crippen molar-refractivity contribution in [3.05, 3.63) is 71.9 Å². The van der Waals surface area contributed by atoms with Crippen molar-refractivity contribution >= 4 is 11.8 Å². The van der Waals surface area contributed by atoms with Crippen LogP contribution in [0.15, 0.2) is 60.8 Å². The molecule has 0 radical (unpaired) electrons. The predicted octanol–water partition coefficient (Wildman–Crippen LogP) is 3.84. The van der Waals surface area contributed by atoms with Gasteiger partial charge in [-0.1, -0.05) is 36.4 Å². The number of benzene rings is 2. The number of anilines is 2. The van der Waals surface area contributed by atoms with Gasteiger partial charge >= 0.3 is 0 Å². The summed E-state index contributed by atoms with van der Waals surface area (Å²) in [6.07, 6.45) is 1.79. The summed E-state index contributed by atoms with van der Waals surface area (Å²) in [5.74, 6) is 3.10. The molecule has 0 saturated carbocycles. The third-order valence-electron chi connectivity index (χ3n) is 4.43. The zero-order valence-corrected chi connectivity index (χ0v) is 15.3. The van der Waals surface area contributed by atoms with Crippen molar-refractivity contribution < 1.29 is 9.47 Å². The van der Waals surface area contributed by atoms with Gasteiger partial charge in [0.05, 0.1) is 0 Å². The molecule has 0 atom stereocenters. The molecule has 0 unspecified atom stereocenters. The summed E-state index contributed by atoms with van der Waals surface area (Å²) in [6, 6.07) is 18.2. The van der Waals surface area contributed by atoms with Gasteiger partial charge < -0.3 is 19.7 Å². The fourth-order valence-electron chi connectivity index (χ4n) is 2.97. The van der Waals surface area contributed by atoms with Crippen LogP contribution in [0.4, 0.5) is 11.8 Å². The van der Waals surface area contributed by atoms with Gasteiger partial charge in [0.15, 0.2) is 11.5 Å². The molecule has 0 amide bonds. The smallest absolute Gasteiger partial charge is 0.231 e. The standard InChI is InChI=1S/C21H22N4O2/c1-2-25(14-16-6-4-3-5-7-16)21-22-11-10-20(24-21)23-13-17-8-9-18-19(12-17)27-15-26-18/h3-12H,2,13-15H2,1H3,(H,22,23,24). The van der Waals surface area contributed by atoms with Gasteiger partial charge in [0.2, 0.25) is 12.7 Å². The SMILES string of the molecule is CCN(Cc1ccccc1)c1nccc(NCc2ccc3c(c2)OCO3)n1. The van der Waals surface area contributed by atoms with Gasteiger partial charge in [-0.3, -0.25) is 0 Å². The Balaban J connectivity index is 1.43. The zero-order valence-electron chi connectivity index (χ0n) is 15.3. The van der Waals surface area contributed by atoms with E-state index in [2.05, 4.69) is 39.2 Å². The van der Waals surface area contributed by atoms with E-state index in [1.807, 2.05) is 42.5 Å². The van der Waals surface area contributed by atoms with E-state index < -0.39 is 0 Å². The molecule has 2 aromatic carbocycles. The van der Waals surface area contributed by atoms with E-state index in [1.54, 1.807) is 6.20 Å². The molecule has 1 aliphatic rings. The number of fused-ring (bicyclic) bond motifs is 1. The highest BCUT2D eigenvalue weighted by Gasteiger charge is 2.13. The van der Waals surface area contributed by atoms with Crippen LogP contribution in [-0.4, -0.2) is 23.3 Å². The quantitative estimate of drug-likeness (QED) is 0.689. The number of ether oxygens (including phenoxy) is 2. The van der Waals surface area contributed by atoms with Gasteiger partial charge in [0.1, 0.15) is 5.82 Å². The molecule has 138 valence electrons. The average Bonchev–Trinajstić information content (AvgIpc) is 3.19. The molecule has 0 spiro atoms. The van der Waals surface area contributed by atoms with Crippen LogP contribution in [0.25, 0.3) is 0 Å². The first kappa shape index (κ1) is 17.1. The molecule has 1 aliphatic heterocycles. The summed E-state index contributed by atoms with van der Waals surface area (Å²) in [5.41, 5.74) is 2.35. The molecule has 0 aliphatic carbocycles. The summed E-state index contributed by atoms with van der Waals surface area (Å²) < 4.78 is 10.8. The van der Waals surface area contributed by atoms with E-state index in [4.69, 9.17) is 9.47 Å². The largest absolute Gasteiger partial charge is 0.454 e. The fraction of sp³-hybridized carbons (Fsp3) is 0.238. The van der Waals surface area contributed by atoms with Crippen LogP contribution in [-0.2, 0) is 13.1 Å². The molecule has 27 heavy (non-hydrogen) atoms. The van der Waals surface area contributed by atoms with Crippen LogP contribution < -0.4 is 19.7 Å². The summed E-state index contributed by atoms with van der Waals surface area (Å²) in [5, 5.41) is 3.36. The van der Waals surface area contributed by atoms with Gasteiger partial charge in [-0.2, -0.15) is 4.98 Å². The molecule has 4 rings (SSSR count). The maximum Gasteiger partial charge on any atom is 0.231 e. The van der Waals surface area contributed by atoms with Gasteiger partial charge in [-0.25, -0.2) is 4.98 Å². The lowest BCUT2D eigenvalue weighted by Gasteiger charge is -2.21. The molecule has 1 aromatic heterocycles. The van der Waals surface area contributed by atoms with Crippen molar-refractivity contribution in [1.82, 2.24) is 9.97 Å². The minimum absolute atomic E-state index is 0.287. The summed E-state index contributed by atoms with van der Waals surface area (Å²) in [6.45, 7) is 4.66. The van der Waals surface area contributed by atoms with Crippen LogP contribution in [0.2, 0.25) is 0 Å². The molecule has 3 aromatic rings. The Morgan fingerprint density at radius 3 is 2.70 bits per heavy atom. The van der Waals surface area contributed by atoms with Gasteiger partial charge in [0, 0.05) is 25.8 Å². The lowest BCUT2D eigenvalue weighted by molar-refractivity contribution is 0.174. The van der Waals surface area contributed by atoms with Crippen molar-refractivity contribution in [2.24, 2.45) is 0 Å². The zero-order chi connectivity index (χ0) is 18.5. The monoisotopic (exact) mass is 362 g/mol. The van der Waals surface area contributed by atoms with E-state index in [0.29, 0.717) is 6.54 Å². The van der Waals surface area contributed by atoms with Crippen LogP contribution >= 0.6 is 0 Å².